The van der Waals surface area contributed by atoms with E-state index < -0.39 is 17.8 Å². The Hall–Kier alpha value is -2.48. The maximum Gasteiger partial charge on any atom is 0.305 e. The van der Waals surface area contributed by atoms with Gasteiger partial charge in [0.2, 0.25) is 11.8 Å². The number of aliphatic carboxylic acids is 1. The first-order chi connectivity index (χ1) is 12.9. The first-order valence-electron chi connectivity index (χ1n) is 8.71. The molecule has 9 heteroatoms. The van der Waals surface area contributed by atoms with Crippen LogP contribution in [-0.2, 0) is 16.0 Å². The third-order valence-electron chi connectivity index (χ3n) is 4.28. The van der Waals surface area contributed by atoms with Gasteiger partial charge in [-0.15, -0.1) is 0 Å². The quantitative estimate of drug-likeness (QED) is 0.674. The molecule has 0 aliphatic heterocycles. The van der Waals surface area contributed by atoms with Crippen molar-refractivity contribution in [1.82, 2.24) is 15.5 Å². The van der Waals surface area contributed by atoms with Crippen LogP contribution >= 0.6 is 11.6 Å². The van der Waals surface area contributed by atoms with E-state index in [1.54, 1.807) is 0 Å². The molecule has 0 saturated heterocycles. The standard InChI is InChI=1S/C18H19ClFN3O4/c19-12-7-6-11(8-13(12)20)14(9-17(25)26)21-15(24)2-1-3-16-22-18(23-27-16)10-4-5-10/h6-8,10,14H,1-5,9H2,(H,21,24)(H,25,26). The number of benzene rings is 1. The fraction of sp³-hybridized carbons (Fsp3) is 0.444. The van der Waals surface area contributed by atoms with Gasteiger partial charge in [-0.25, -0.2) is 4.39 Å². The Kier molecular flexibility index (Phi) is 6.05. The lowest BCUT2D eigenvalue weighted by atomic mass is 10.0. The predicted octanol–water partition coefficient (Wildman–Crippen LogP) is 3.39. The first-order valence-corrected chi connectivity index (χ1v) is 9.08. The summed E-state index contributed by atoms with van der Waals surface area (Å²) in [5.74, 6) is -0.482. The minimum Gasteiger partial charge on any atom is -0.481 e. The van der Waals surface area contributed by atoms with E-state index in [9.17, 15) is 14.0 Å². The molecule has 1 atom stereocenters. The molecule has 7 nitrogen and oxygen atoms in total. The smallest absolute Gasteiger partial charge is 0.305 e. The zero-order valence-electron chi connectivity index (χ0n) is 14.5. The van der Waals surface area contributed by atoms with Crippen molar-refractivity contribution in [2.24, 2.45) is 0 Å². The molecule has 0 spiro atoms. The van der Waals surface area contributed by atoms with Crippen molar-refractivity contribution in [2.75, 3.05) is 0 Å². The summed E-state index contributed by atoms with van der Waals surface area (Å²) in [6.07, 6.45) is 2.91. The lowest BCUT2D eigenvalue weighted by molar-refractivity contribution is -0.137. The number of hydrogen-bond acceptors (Lipinski definition) is 5. The van der Waals surface area contributed by atoms with Gasteiger partial charge in [0, 0.05) is 18.8 Å². The van der Waals surface area contributed by atoms with Gasteiger partial charge in [0.05, 0.1) is 17.5 Å². The van der Waals surface area contributed by atoms with Crippen LogP contribution in [0.4, 0.5) is 4.39 Å². The summed E-state index contributed by atoms with van der Waals surface area (Å²) in [6.45, 7) is 0. The van der Waals surface area contributed by atoms with Gasteiger partial charge in [-0.2, -0.15) is 4.98 Å². The number of aryl methyl sites for hydroxylation is 1. The Bertz CT molecular complexity index is 838. The Balaban J connectivity index is 1.53. The van der Waals surface area contributed by atoms with Gasteiger partial charge in [-0.3, -0.25) is 9.59 Å². The number of halogens is 2. The minimum atomic E-state index is -1.10. The fourth-order valence-electron chi connectivity index (χ4n) is 2.70. The normalized spacial score (nSPS) is 14.7. The van der Waals surface area contributed by atoms with Crippen molar-refractivity contribution in [3.63, 3.8) is 0 Å². The van der Waals surface area contributed by atoms with E-state index in [1.165, 1.54) is 12.1 Å². The number of carboxylic acid groups (broad SMARTS) is 1. The maximum absolute atomic E-state index is 13.7. The molecule has 1 saturated carbocycles. The molecule has 1 heterocycles. The summed E-state index contributed by atoms with van der Waals surface area (Å²) in [5, 5.41) is 15.5. The zero-order valence-corrected chi connectivity index (χ0v) is 15.2. The predicted molar refractivity (Wildman–Crippen MR) is 93.8 cm³/mol. The molecule has 144 valence electrons. The largest absolute Gasteiger partial charge is 0.481 e. The molecule has 1 aromatic carbocycles. The van der Waals surface area contributed by atoms with Crippen LogP contribution < -0.4 is 5.32 Å². The van der Waals surface area contributed by atoms with Crippen LogP contribution in [0.5, 0.6) is 0 Å². The van der Waals surface area contributed by atoms with Gasteiger partial charge < -0.3 is 14.9 Å². The van der Waals surface area contributed by atoms with Crippen LogP contribution in [0.1, 0.15) is 61.3 Å². The summed E-state index contributed by atoms with van der Waals surface area (Å²) in [5.41, 5.74) is 0.346. The lowest BCUT2D eigenvalue weighted by Crippen LogP contribution is -2.30. The lowest BCUT2D eigenvalue weighted by Gasteiger charge is -2.17. The van der Waals surface area contributed by atoms with Crippen LogP contribution in [-0.4, -0.2) is 27.1 Å². The molecule has 0 bridgehead atoms. The number of nitrogens with zero attached hydrogens (tertiary/aromatic N) is 2. The molecule has 2 aromatic rings. The molecule has 1 aliphatic carbocycles. The molecule has 1 aliphatic rings. The number of amides is 1. The van der Waals surface area contributed by atoms with E-state index in [2.05, 4.69) is 15.5 Å². The number of nitrogens with one attached hydrogen (secondary N) is 1. The summed E-state index contributed by atoms with van der Waals surface area (Å²) in [6, 6.07) is 3.12. The van der Waals surface area contributed by atoms with E-state index in [0.717, 1.165) is 24.7 Å². The highest BCUT2D eigenvalue weighted by Crippen LogP contribution is 2.38. The number of hydrogen-bond donors (Lipinski definition) is 2. The highest BCUT2D eigenvalue weighted by Gasteiger charge is 2.28. The van der Waals surface area contributed by atoms with Crippen molar-refractivity contribution < 1.29 is 23.6 Å². The van der Waals surface area contributed by atoms with Crippen LogP contribution in [0.25, 0.3) is 0 Å². The molecule has 1 amide bonds. The van der Waals surface area contributed by atoms with Gasteiger partial charge in [-0.05, 0) is 37.0 Å². The molecule has 1 fully saturated rings. The van der Waals surface area contributed by atoms with Gasteiger partial charge in [0.15, 0.2) is 5.82 Å². The number of carbonyl (C=O) groups is 2. The second kappa shape index (κ2) is 8.47. The Labute approximate surface area is 159 Å². The Morgan fingerprint density at radius 1 is 1.41 bits per heavy atom. The van der Waals surface area contributed by atoms with Crippen molar-refractivity contribution in [3.05, 3.63) is 46.3 Å². The topological polar surface area (TPSA) is 105 Å². The van der Waals surface area contributed by atoms with E-state index in [1.807, 2.05) is 0 Å². The molecule has 3 rings (SSSR count). The van der Waals surface area contributed by atoms with Crippen molar-refractivity contribution in [1.29, 1.82) is 0 Å². The van der Waals surface area contributed by atoms with Gasteiger partial charge in [0.25, 0.3) is 0 Å². The summed E-state index contributed by atoms with van der Waals surface area (Å²) < 4.78 is 18.8. The average molecular weight is 396 g/mol. The van der Waals surface area contributed by atoms with E-state index in [0.29, 0.717) is 30.2 Å². The van der Waals surface area contributed by atoms with Gasteiger partial charge in [0.1, 0.15) is 5.82 Å². The Morgan fingerprint density at radius 2 is 2.19 bits per heavy atom. The fourth-order valence-corrected chi connectivity index (χ4v) is 2.82. The van der Waals surface area contributed by atoms with E-state index >= 15 is 0 Å². The maximum atomic E-state index is 13.7. The molecular weight excluding hydrogens is 377 g/mol. The van der Waals surface area contributed by atoms with Crippen LogP contribution in [0, 0.1) is 5.82 Å². The number of rotatable bonds is 9. The highest BCUT2D eigenvalue weighted by molar-refractivity contribution is 6.30. The van der Waals surface area contributed by atoms with Crippen molar-refractivity contribution in [3.8, 4) is 0 Å². The van der Waals surface area contributed by atoms with E-state index in [-0.39, 0.29) is 23.8 Å². The zero-order chi connectivity index (χ0) is 19.4. The van der Waals surface area contributed by atoms with Gasteiger partial charge in [-0.1, -0.05) is 22.8 Å². The average Bonchev–Trinajstić information content (AvgIpc) is 3.35. The van der Waals surface area contributed by atoms with Crippen LogP contribution in [0.3, 0.4) is 0 Å². The number of aromatic nitrogens is 2. The molecular formula is C18H19ClFN3O4. The molecule has 1 aromatic heterocycles. The second-order valence-electron chi connectivity index (χ2n) is 6.57. The van der Waals surface area contributed by atoms with Crippen LogP contribution in [0.2, 0.25) is 5.02 Å². The highest BCUT2D eigenvalue weighted by atomic mass is 35.5. The second-order valence-corrected chi connectivity index (χ2v) is 6.97. The Morgan fingerprint density at radius 3 is 2.85 bits per heavy atom. The van der Waals surface area contributed by atoms with Gasteiger partial charge >= 0.3 is 5.97 Å². The van der Waals surface area contributed by atoms with E-state index in [4.69, 9.17) is 21.2 Å². The first kappa shape index (κ1) is 19.3. The molecule has 27 heavy (non-hydrogen) atoms. The van der Waals surface area contributed by atoms with Crippen LogP contribution in [0.15, 0.2) is 22.7 Å². The molecule has 1 unspecified atom stereocenters. The summed E-state index contributed by atoms with van der Waals surface area (Å²) in [4.78, 5) is 27.6. The molecule has 0 radical (unpaired) electrons. The molecule has 2 N–H and O–H groups in total. The minimum absolute atomic E-state index is 0.0655. The monoisotopic (exact) mass is 395 g/mol. The number of carbonyl (C=O) groups excluding carboxylic acids is 1. The summed E-state index contributed by atoms with van der Waals surface area (Å²) >= 11 is 5.65. The third-order valence-corrected chi connectivity index (χ3v) is 4.59. The van der Waals surface area contributed by atoms with Crippen molar-refractivity contribution in [2.45, 2.75) is 50.5 Å². The third kappa shape index (κ3) is 5.50. The number of carboxylic acids is 1. The van der Waals surface area contributed by atoms with Crippen molar-refractivity contribution >= 4 is 23.5 Å². The summed E-state index contributed by atoms with van der Waals surface area (Å²) in [7, 11) is 0. The SMILES string of the molecule is O=C(O)CC(NC(=O)CCCc1nc(C2CC2)no1)c1ccc(Cl)c(F)c1.